The molecule has 2 aliphatic heterocycles. The van der Waals surface area contributed by atoms with Crippen molar-refractivity contribution in [3.8, 4) is 0 Å². The van der Waals surface area contributed by atoms with Crippen LogP contribution in [-0.2, 0) is 4.79 Å². The van der Waals surface area contributed by atoms with Crippen LogP contribution >= 0.6 is 0 Å². The maximum Gasteiger partial charge on any atom is 0.253 e. The van der Waals surface area contributed by atoms with E-state index >= 15 is 0 Å². The topological polar surface area (TPSA) is 60.9 Å². The summed E-state index contributed by atoms with van der Waals surface area (Å²) in [7, 11) is 0. The summed E-state index contributed by atoms with van der Waals surface area (Å²) in [5.41, 5.74) is 1.43. The van der Waals surface area contributed by atoms with Gasteiger partial charge >= 0.3 is 0 Å². The van der Waals surface area contributed by atoms with Crippen LogP contribution in [0.4, 0.5) is 5.69 Å². The molecule has 2 fully saturated rings. The lowest BCUT2D eigenvalue weighted by molar-refractivity contribution is -0.117. The van der Waals surface area contributed by atoms with E-state index in [0.29, 0.717) is 31.5 Å². The fourth-order valence-corrected chi connectivity index (χ4v) is 3.19. The van der Waals surface area contributed by atoms with Crippen LogP contribution < -0.4 is 4.90 Å². The Bertz CT molecular complexity index is 573. The quantitative estimate of drug-likeness (QED) is 0.906. The van der Waals surface area contributed by atoms with Gasteiger partial charge in [-0.05, 0) is 43.9 Å². The minimum absolute atomic E-state index is 0.0115. The van der Waals surface area contributed by atoms with E-state index in [2.05, 4.69) is 0 Å². The number of nitrogens with zero attached hydrogens (tertiary/aromatic N) is 2. The summed E-state index contributed by atoms with van der Waals surface area (Å²) in [6.45, 7) is 2.00. The monoisotopic (exact) mass is 302 g/mol. The molecule has 1 unspecified atom stereocenters. The first-order valence-corrected chi connectivity index (χ1v) is 8.03. The van der Waals surface area contributed by atoms with Gasteiger partial charge in [0, 0.05) is 37.3 Å². The minimum Gasteiger partial charge on any atom is -0.393 e. The number of likely N-dealkylation sites (tertiary alicyclic amines) is 1. The first kappa shape index (κ1) is 15.0. The maximum atomic E-state index is 12.6. The molecule has 118 valence electrons. The van der Waals surface area contributed by atoms with Gasteiger partial charge in [0.2, 0.25) is 5.91 Å². The van der Waals surface area contributed by atoms with Gasteiger partial charge in [0.05, 0.1) is 6.10 Å². The molecule has 1 aromatic carbocycles. The Balaban J connectivity index is 1.76. The van der Waals surface area contributed by atoms with Crippen molar-refractivity contribution in [1.29, 1.82) is 0 Å². The molecule has 2 heterocycles. The van der Waals surface area contributed by atoms with Crippen LogP contribution in [0.25, 0.3) is 0 Å². The molecule has 5 heteroatoms. The number of amides is 2. The zero-order valence-electron chi connectivity index (χ0n) is 12.7. The summed E-state index contributed by atoms with van der Waals surface area (Å²) in [6.07, 6.45) is 3.38. The van der Waals surface area contributed by atoms with Gasteiger partial charge in [0.15, 0.2) is 0 Å². The van der Waals surface area contributed by atoms with Crippen LogP contribution in [-0.4, -0.2) is 47.6 Å². The van der Waals surface area contributed by atoms with Crippen molar-refractivity contribution in [2.24, 2.45) is 0 Å². The van der Waals surface area contributed by atoms with Gasteiger partial charge in [-0.15, -0.1) is 0 Å². The maximum absolute atomic E-state index is 12.6. The summed E-state index contributed by atoms with van der Waals surface area (Å²) < 4.78 is 0. The first-order chi connectivity index (χ1) is 10.6. The van der Waals surface area contributed by atoms with Gasteiger partial charge in [-0.2, -0.15) is 0 Å². The number of anilines is 1. The second kappa shape index (κ2) is 6.48. The van der Waals surface area contributed by atoms with Gasteiger partial charge in [0.25, 0.3) is 5.91 Å². The lowest BCUT2D eigenvalue weighted by atomic mass is 10.1. The average Bonchev–Trinajstić information content (AvgIpc) is 2.84. The number of aliphatic hydroxyl groups excluding tert-OH is 1. The van der Waals surface area contributed by atoms with Crippen LogP contribution in [0.3, 0.4) is 0 Å². The van der Waals surface area contributed by atoms with Crippen LogP contribution in [0, 0.1) is 0 Å². The largest absolute Gasteiger partial charge is 0.393 e. The van der Waals surface area contributed by atoms with Crippen molar-refractivity contribution in [2.75, 3.05) is 24.5 Å². The predicted octanol–water partition coefficient (Wildman–Crippen LogP) is 1.80. The third-order valence-corrected chi connectivity index (χ3v) is 4.46. The predicted molar refractivity (Wildman–Crippen MR) is 83.8 cm³/mol. The van der Waals surface area contributed by atoms with E-state index in [4.69, 9.17) is 0 Å². The summed E-state index contributed by atoms with van der Waals surface area (Å²) >= 11 is 0. The number of hydrogen-bond donors (Lipinski definition) is 1. The molecule has 0 saturated carbocycles. The lowest BCUT2D eigenvalue weighted by Crippen LogP contribution is -2.32. The Labute approximate surface area is 130 Å². The molecule has 1 N–H and O–H groups in total. The molecule has 5 nitrogen and oxygen atoms in total. The Morgan fingerprint density at radius 2 is 2.00 bits per heavy atom. The molecule has 2 amide bonds. The standard InChI is InChI=1S/C17H22N2O3/c20-15-6-2-9-18(11-8-15)17(22)13-4-1-5-14(12-13)19-10-3-7-16(19)21/h1,4-5,12,15,20H,2-3,6-11H2. The number of aliphatic hydroxyl groups is 1. The molecule has 1 aromatic rings. The van der Waals surface area contributed by atoms with Crippen molar-refractivity contribution in [3.63, 3.8) is 0 Å². The second-order valence-corrected chi connectivity index (χ2v) is 6.08. The van der Waals surface area contributed by atoms with Crippen LogP contribution in [0.1, 0.15) is 42.5 Å². The summed E-state index contributed by atoms with van der Waals surface area (Å²) in [6, 6.07) is 7.33. The zero-order valence-corrected chi connectivity index (χ0v) is 12.7. The number of carbonyl (C=O) groups is 2. The Morgan fingerprint density at radius 3 is 2.77 bits per heavy atom. The van der Waals surface area contributed by atoms with Crippen molar-refractivity contribution in [1.82, 2.24) is 4.90 Å². The Hall–Kier alpha value is -1.88. The number of rotatable bonds is 2. The SMILES string of the molecule is O=C(c1cccc(N2CCCC2=O)c1)N1CCCC(O)CC1. The van der Waals surface area contributed by atoms with Crippen molar-refractivity contribution < 1.29 is 14.7 Å². The highest BCUT2D eigenvalue weighted by Crippen LogP contribution is 2.23. The fraction of sp³-hybridized carbons (Fsp3) is 0.529. The summed E-state index contributed by atoms with van der Waals surface area (Å²) in [5.74, 6) is 0.116. The third kappa shape index (κ3) is 3.14. The molecule has 0 aromatic heterocycles. The van der Waals surface area contributed by atoms with Gasteiger partial charge in [0.1, 0.15) is 0 Å². The van der Waals surface area contributed by atoms with Gasteiger partial charge in [-0.3, -0.25) is 9.59 Å². The van der Waals surface area contributed by atoms with E-state index < -0.39 is 0 Å². The normalized spacial score (nSPS) is 22.8. The fourth-order valence-electron chi connectivity index (χ4n) is 3.19. The number of hydrogen-bond acceptors (Lipinski definition) is 3. The van der Waals surface area contributed by atoms with Crippen LogP contribution in [0.15, 0.2) is 24.3 Å². The zero-order chi connectivity index (χ0) is 15.5. The Kier molecular flexibility index (Phi) is 4.43. The minimum atomic E-state index is -0.300. The molecular formula is C17H22N2O3. The lowest BCUT2D eigenvalue weighted by Gasteiger charge is -2.22. The molecule has 22 heavy (non-hydrogen) atoms. The van der Waals surface area contributed by atoms with Gasteiger partial charge < -0.3 is 14.9 Å². The highest BCUT2D eigenvalue weighted by molar-refractivity contribution is 5.99. The smallest absolute Gasteiger partial charge is 0.253 e. The molecule has 1 atom stereocenters. The molecule has 3 rings (SSSR count). The van der Waals surface area contributed by atoms with Crippen molar-refractivity contribution in [3.05, 3.63) is 29.8 Å². The van der Waals surface area contributed by atoms with E-state index in [0.717, 1.165) is 31.5 Å². The number of benzene rings is 1. The molecule has 0 spiro atoms. The highest BCUT2D eigenvalue weighted by atomic mass is 16.3. The molecule has 2 saturated heterocycles. The highest BCUT2D eigenvalue weighted by Gasteiger charge is 2.24. The van der Waals surface area contributed by atoms with Crippen molar-refractivity contribution in [2.45, 2.75) is 38.2 Å². The summed E-state index contributed by atoms with van der Waals surface area (Å²) in [4.78, 5) is 28.1. The van der Waals surface area contributed by atoms with Gasteiger partial charge in [-0.1, -0.05) is 6.07 Å². The van der Waals surface area contributed by atoms with E-state index in [1.165, 1.54) is 0 Å². The van der Waals surface area contributed by atoms with Crippen molar-refractivity contribution >= 4 is 17.5 Å². The van der Waals surface area contributed by atoms with E-state index in [1.54, 1.807) is 15.9 Å². The molecule has 0 bridgehead atoms. The van der Waals surface area contributed by atoms with Gasteiger partial charge in [-0.25, -0.2) is 0 Å². The first-order valence-electron chi connectivity index (χ1n) is 8.03. The Morgan fingerprint density at radius 1 is 1.14 bits per heavy atom. The average molecular weight is 302 g/mol. The van der Waals surface area contributed by atoms with Crippen LogP contribution in [0.5, 0.6) is 0 Å². The molecule has 0 aliphatic carbocycles. The number of carbonyl (C=O) groups excluding carboxylic acids is 2. The molecule has 2 aliphatic rings. The van der Waals surface area contributed by atoms with E-state index in [-0.39, 0.29) is 17.9 Å². The molecule has 0 radical (unpaired) electrons. The van der Waals surface area contributed by atoms with E-state index in [1.807, 2.05) is 18.2 Å². The summed E-state index contributed by atoms with van der Waals surface area (Å²) in [5, 5.41) is 9.69. The van der Waals surface area contributed by atoms with E-state index in [9.17, 15) is 14.7 Å². The second-order valence-electron chi connectivity index (χ2n) is 6.08. The van der Waals surface area contributed by atoms with Crippen LogP contribution in [0.2, 0.25) is 0 Å². The third-order valence-electron chi connectivity index (χ3n) is 4.46. The molecular weight excluding hydrogens is 280 g/mol.